The van der Waals surface area contributed by atoms with Crippen molar-refractivity contribution in [2.75, 3.05) is 39.4 Å². The van der Waals surface area contributed by atoms with Crippen LogP contribution < -0.4 is 0 Å². The minimum Gasteiger partial charge on any atom is -0.379 e. The van der Waals surface area contributed by atoms with Crippen molar-refractivity contribution >= 4 is 5.91 Å². The van der Waals surface area contributed by atoms with Gasteiger partial charge in [0.15, 0.2) is 0 Å². The summed E-state index contributed by atoms with van der Waals surface area (Å²) in [4.78, 5) is 17.7. The van der Waals surface area contributed by atoms with Gasteiger partial charge in [0.05, 0.1) is 18.6 Å². The van der Waals surface area contributed by atoms with Crippen LogP contribution in [0.1, 0.15) is 25.3 Å². The molecule has 1 aliphatic carbocycles. The van der Waals surface area contributed by atoms with Crippen LogP contribution in [-0.4, -0.2) is 61.1 Å². The summed E-state index contributed by atoms with van der Waals surface area (Å²) in [6.45, 7) is 7.29. The summed E-state index contributed by atoms with van der Waals surface area (Å²) in [7, 11) is 0. The number of ether oxygens (including phenoxy) is 1. The molecule has 0 aromatic heterocycles. The lowest BCUT2D eigenvalue weighted by atomic mass is 9.94. The molecule has 0 unspecified atom stereocenters. The molecule has 4 rings (SSSR count). The number of likely N-dealkylation sites (tertiary alicyclic amines) is 1. The number of morpholine rings is 1. The Morgan fingerprint density at radius 3 is 2.67 bits per heavy atom. The van der Waals surface area contributed by atoms with Crippen molar-refractivity contribution in [1.29, 1.82) is 0 Å². The van der Waals surface area contributed by atoms with Crippen LogP contribution in [0, 0.1) is 11.7 Å². The third-order valence-electron chi connectivity index (χ3n) is 5.91. The summed E-state index contributed by atoms with van der Waals surface area (Å²) < 4.78 is 19.0. The van der Waals surface area contributed by atoms with Gasteiger partial charge in [-0.05, 0) is 36.5 Å². The van der Waals surface area contributed by atoms with Gasteiger partial charge >= 0.3 is 0 Å². The Balaban J connectivity index is 1.49. The average Bonchev–Trinajstić information content (AvgIpc) is 3.32. The maximum absolute atomic E-state index is 13.6. The first-order chi connectivity index (χ1) is 11.6. The van der Waals surface area contributed by atoms with Gasteiger partial charge in [-0.1, -0.05) is 19.1 Å². The SMILES string of the molecule is C[C@H]1CN(C(=O)C2(c3cccc(F)c3)CC2)C[C@H]1N1CCOCC1. The predicted molar refractivity (Wildman–Crippen MR) is 89.2 cm³/mol. The molecule has 130 valence electrons. The Labute approximate surface area is 142 Å². The van der Waals surface area contributed by atoms with E-state index in [2.05, 4.69) is 11.8 Å². The first-order valence-electron chi connectivity index (χ1n) is 8.97. The molecule has 0 spiro atoms. The van der Waals surface area contributed by atoms with Crippen LogP contribution in [0.25, 0.3) is 0 Å². The fourth-order valence-electron chi connectivity index (χ4n) is 4.34. The lowest BCUT2D eigenvalue weighted by Gasteiger charge is -2.34. The Hall–Kier alpha value is -1.46. The van der Waals surface area contributed by atoms with Crippen LogP contribution >= 0.6 is 0 Å². The minimum absolute atomic E-state index is 0.190. The third kappa shape index (κ3) is 2.74. The zero-order chi connectivity index (χ0) is 16.7. The van der Waals surface area contributed by atoms with Gasteiger partial charge in [-0.2, -0.15) is 0 Å². The fraction of sp³-hybridized carbons (Fsp3) is 0.632. The van der Waals surface area contributed by atoms with Gasteiger partial charge in [0, 0.05) is 32.2 Å². The maximum atomic E-state index is 13.6. The molecule has 5 heteroatoms. The molecule has 0 bridgehead atoms. The first-order valence-corrected chi connectivity index (χ1v) is 8.97. The molecule has 2 atom stereocenters. The van der Waals surface area contributed by atoms with Gasteiger partial charge in [0.2, 0.25) is 5.91 Å². The highest BCUT2D eigenvalue weighted by atomic mass is 19.1. The van der Waals surface area contributed by atoms with Gasteiger partial charge in [-0.15, -0.1) is 0 Å². The lowest BCUT2D eigenvalue weighted by Crippen LogP contribution is -2.47. The van der Waals surface area contributed by atoms with Crippen molar-refractivity contribution in [3.05, 3.63) is 35.6 Å². The van der Waals surface area contributed by atoms with E-state index in [4.69, 9.17) is 4.74 Å². The summed E-state index contributed by atoms with van der Waals surface area (Å²) in [5.74, 6) is 0.402. The number of rotatable bonds is 3. The van der Waals surface area contributed by atoms with E-state index >= 15 is 0 Å². The molecule has 3 fully saturated rings. The molecular formula is C19H25FN2O2. The molecule has 2 heterocycles. The van der Waals surface area contributed by atoms with Crippen LogP contribution in [-0.2, 0) is 14.9 Å². The third-order valence-corrected chi connectivity index (χ3v) is 5.91. The quantitative estimate of drug-likeness (QED) is 0.849. The van der Waals surface area contributed by atoms with E-state index in [1.807, 2.05) is 11.0 Å². The number of carbonyl (C=O) groups excluding carboxylic acids is 1. The number of carbonyl (C=O) groups is 1. The van der Waals surface area contributed by atoms with Crippen molar-refractivity contribution < 1.29 is 13.9 Å². The second-order valence-corrected chi connectivity index (χ2v) is 7.50. The summed E-state index contributed by atoms with van der Waals surface area (Å²) in [5, 5.41) is 0. The molecule has 24 heavy (non-hydrogen) atoms. The molecule has 2 saturated heterocycles. The van der Waals surface area contributed by atoms with Crippen LogP contribution in [0.3, 0.4) is 0 Å². The molecule has 1 saturated carbocycles. The topological polar surface area (TPSA) is 32.8 Å². The van der Waals surface area contributed by atoms with E-state index in [9.17, 15) is 9.18 Å². The average molecular weight is 332 g/mol. The number of hydrogen-bond acceptors (Lipinski definition) is 3. The fourth-order valence-corrected chi connectivity index (χ4v) is 4.34. The monoisotopic (exact) mass is 332 g/mol. The number of nitrogens with zero attached hydrogens (tertiary/aromatic N) is 2. The number of amides is 1. The van der Waals surface area contributed by atoms with E-state index in [1.54, 1.807) is 6.07 Å². The van der Waals surface area contributed by atoms with E-state index < -0.39 is 5.41 Å². The van der Waals surface area contributed by atoms with Crippen LogP contribution in [0.2, 0.25) is 0 Å². The van der Waals surface area contributed by atoms with Gasteiger partial charge in [-0.3, -0.25) is 9.69 Å². The van der Waals surface area contributed by atoms with Crippen LogP contribution in [0.15, 0.2) is 24.3 Å². The normalized spacial score (nSPS) is 29.7. The second-order valence-electron chi connectivity index (χ2n) is 7.50. The van der Waals surface area contributed by atoms with Gasteiger partial charge < -0.3 is 9.64 Å². The Bertz CT molecular complexity index is 626. The van der Waals surface area contributed by atoms with Crippen molar-refractivity contribution in [3.8, 4) is 0 Å². The summed E-state index contributed by atoms with van der Waals surface area (Å²) in [5.41, 5.74) is 0.372. The summed E-state index contributed by atoms with van der Waals surface area (Å²) >= 11 is 0. The minimum atomic E-state index is -0.471. The molecule has 1 amide bonds. The molecular weight excluding hydrogens is 307 g/mol. The molecule has 0 radical (unpaired) electrons. The van der Waals surface area contributed by atoms with Crippen molar-refractivity contribution in [3.63, 3.8) is 0 Å². The Kier molecular flexibility index (Phi) is 4.09. The second kappa shape index (κ2) is 6.12. The predicted octanol–water partition coefficient (Wildman–Crippen LogP) is 2.04. The first kappa shape index (κ1) is 16.0. The van der Waals surface area contributed by atoms with Gasteiger partial charge in [0.25, 0.3) is 0 Å². The van der Waals surface area contributed by atoms with Crippen molar-refractivity contribution in [2.45, 2.75) is 31.2 Å². The highest BCUT2D eigenvalue weighted by Crippen LogP contribution is 2.50. The zero-order valence-electron chi connectivity index (χ0n) is 14.2. The van der Waals surface area contributed by atoms with Crippen LogP contribution in [0.5, 0.6) is 0 Å². The summed E-state index contributed by atoms with van der Waals surface area (Å²) in [6, 6.07) is 7.00. The molecule has 4 nitrogen and oxygen atoms in total. The highest BCUT2D eigenvalue weighted by molar-refractivity contribution is 5.91. The van der Waals surface area contributed by atoms with Crippen molar-refractivity contribution in [2.24, 2.45) is 5.92 Å². The van der Waals surface area contributed by atoms with E-state index in [1.165, 1.54) is 12.1 Å². The molecule has 1 aromatic carbocycles. The van der Waals surface area contributed by atoms with E-state index in [0.29, 0.717) is 12.0 Å². The molecule has 3 aliphatic rings. The largest absolute Gasteiger partial charge is 0.379 e. The Morgan fingerprint density at radius 1 is 1.25 bits per heavy atom. The highest BCUT2D eigenvalue weighted by Gasteiger charge is 2.54. The Morgan fingerprint density at radius 2 is 2.00 bits per heavy atom. The summed E-state index contributed by atoms with van der Waals surface area (Å²) in [6.07, 6.45) is 1.67. The molecule has 0 N–H and O–H groups in total. The number of halogens is 1. The standard InChI is InChI=1S/C19H25FN2O2/c1-14-12-22(13-17(14)21-7-9-24-10-8-21)18(23)19(5-6-19)15-3-2-4-16(20)11-15/h2-4,11,14,17H,5-10,12-13H2,1H3/t14-,17+/m0/s1. The van der Waals surface area contributed by atoms with Gasteiger partial charge in [-0.25, -0.2) is 4.39 Å². The zero-order valence-corrected chi connectivity index (χ0v) is 14.2. The van der Waals surface area contributed by atoms with Gasteiger partial charge in [0.1, 0.15) is 5.82 Å². The molecule has 2 aliphatic heterocycles. The van der Waals surface area contributed by atoms with E-state index in [-0.39, 0.29) is 11.7 Å². The van der Waals surface area contributed by atoms with Crippen LogP contribution in [0.4, 0.5) is 4.39 Å². The maximum Gasteiger partial charge on any atom is 0.233 e. The van der Waals surface area contributed by atoms with Crippen molar-refractivity contribution in [1.82, 2.24) is 9.80 Å². The number of hydrogen-bond donors (Lipinski definition) is 0. The van der Waals surface area contributed by atoms with E-state index in [0.717, 1.165) is 57.8 Å². The lowest BCUT2D eigenvalue weighted by molar-refractivity contribution is -0.133. The number of benzene rings is 1. The smallest absolute Gasteiger partial charge is 0.233 e. The molecule has 1 aromatic rings.